The van der Waals surface area contributed by atoms with E-state index in [1.165, 1.54) is 30.6 Å². The fourth-order valence-electron chi connectivity index (χ4n) is 10.0. The van der Waals surface area contributed by atoms with E-state index in [0.717, 1.165) is 58.2 Å². The monoisotopic (exact) mass is 1050 g/mol. The van der Waals surface area contributed by atoms with E-state index in [2.05, 4.69) is 28.2 Å². The minimum absolute atomic E-state index is 0.0604. The number of phenolic OH excluding ortho intramolecular Hbond substituents is 1. The van der Waals surface area contributed by atoms with Gasteiger partial charge in [-0.25, -0.2) is 0 Å². The largest absolute Gasteiger partial charge is 0.508 e. The number of nitrogens with two attached hydrogens (primary N) is 1. The number of amides is 5. The van der Waals surface area contributed by atoms with Crippen LogP contribution in [0.4, 0.5) is 0 Å². The molecule has 9 atom stereocenters. The molecule has 2 heterocycles. The Kier molecular flexibility index (Phi) is 23.2. The molecule has 6 rings (SSSR count). The van der Waals surface area contributed by atoms with E-state index in [1.807, 2.05) is 98.8 Å². The Hall–Kier alpha value is -6.21. The van der Waals surface area contributed by atoms with Crippen LogP contribution in [0.3, 0.4) is 0 Å². The van der Waals surface area contributed by atoms with Gasteiger partial charge in [-0.2, -0.15) is 0 Å². The lowest BCUT2D eigenvalue weighted by molar-refractivity contribution is -0.290. The first-order valence-electron chi connectivity index (χ1n) is 27.1. The molecule has 17 heteroatoms. The molecule has 5 amide bonds. The fourth-order valence-corrected chi connectivity index (χ4v) is 10.0. The van der Waals surface area contributed by atoms with Gasteiger partial charge in [0.1, 0.15) is 42.2 Å². The predicted octanol–water partition coefficient (Wildman–Crippen LogP) is 4.61. The van der Waals surface area contributed by atoms with Crippen LogP contribution in [0.1, 0.15) is 116 Å². The highest BCUT2D eigenvalue weighted by Crippen LogP contribution is 2.28. The van der Waals surface area contributed by atoms with Crippen LogP contribution in [0.15, 0.2) is 97.1 Å². The van der Waals surface area contributed by atoms with Crippen molar-refractivity contribution in [1.29, 1.82) is 0 Å². The molecule has 4 aromatic carbocycles. The molecule has 1 saturated heterocycles. The molecule has 0 spiro atoms. The van der Waals surface area contributed by atoms with Crippen LogP contribution >= 0.6 is 0 Å². The molecule has 10 N–H and O–H groups in total. The average Bonchev–Trinajstić information content (AvgIpc) is 3.42. The number of unbranched alkanes of at least 4 members (excludes halogenated alkanes) is 8. The smallest absolute Gasteiger partial charge is 0.252 e. The van der Waals surface area contributed by atoms with Crippen molar-refractivity contribution in [2.45, 2.75) is 179 Å². The number of hydrogen-bond acceptors (Lipinski definition) is 12. The van der Waals surface area contributed by atoms with Gasteiger partial charge in [-0.1, -0.05) is 137 Å². The highest BCUT2D eigenvalue weighted by molar-refractivity contribution is 5.95. The number of phenols is 1. The van der Waals surface area contributed by atoms with Crippen LogP contribution in [0.2, 0.25) is 0 Å². The molecule has 0 bridgehead atoms. The molecule has 0 aliphatic carbocycles. The predicted molar refractivity (Wildman–Crippen MR) is 288 cm³/mol. The minimum atomic E-state index is -1.71. The average molecular weight is 1050 g/mol. The number of aliphatic hydroxyl groups is 3. The number of hydrogen-bond donors (Lipinski definition) is 9. The van der Waals surface area contributed by atoms with Gasteiger partial charge in [0.15, 0.2) is 12.4 Å². The number of carbonyl (C=O) groups excluding carboxylic acids is 5. The Balaban J connectivity index is 1.11. The zero-order valence-electron chi connectivity index (χ0n) is 44.3. The number of aliphatic hydroxyl groups excluding tert-OH is 3. The zero-order valence-corrected chi connectivity index (χ0v) is 44.3. The van der Waals surface area contributed by atoms with Crippen LogP contribution in [0.5, 0.6) is 5.75 Å². The van der Waals surface area contributed by atoms with Crippen molar-refractivity contribution < 1.29 is 53.9 Å². The molecule has 0 saturated carbocycles. The van der Waals surface area contributed by atoms with Gasteiger partial charge < -0.3 is 61.8 Å². The molecular formula is C59H80N6O11. The summed E-state index contributed by atoms with van der Waals surface area (Å²) < 4.78 is 11.4. The van der Waals surface area contributed by atoms with E-state index < -0.39 is 84.4 Å². The van der Waals surface area contributed by atoms with Crippen molar-refractivity contribution in [1.82, 2.24) is 26.2 Å². The Labute approximate surface area is 447 Å². The summed E-state index contributed by atoms with van der Waals surface area (Å²) in [5.41, 5.74) is 12.4. The number of carbonyl (C=O) groups is 5. The van der Waals surface area contributed by atoms with Gasteiger partial charge >= 0.3 is 0 Å². The number of nitrogens with one attached hydrogen (secondary N) is 4. The normalized spacial score (nSPS) is 20.4. The van der Waals surface area contributed by atoms with Crippen molar-refractivity contribution in [2.24, 2.45) is 5.73 Å². The molecule has 76 heavy (non-hydrogen) atoms. The summed E-state index contributed by atoms with van der Waals surface area (Å²) >= 11 is 0. The molecule has 2 aliphatic heterocycles. The first kappa shape index (κ1) is 59.0. The molecule has 0 radical (unpaired) electrons. The summed E-state index contributed by atoms with van der Waals surface area (Å²) in [5.74, 6) is -2.71. The maximum Gasteiger partial charge on any atom is 0.252 e. The summed E-state index contributed by atoms with van der Waals surface area (Å²) in [4.78, 5) is 72.6. The first-order valence-corrected chi connectivity index (χ1v) is 27.1. The van der Waals surface area contributed by atoms with Crippen LogP contribution in [-0.4, -0.2) is 123 Å². The molecule has 2 aliphatic rings. The molecule has 412 valence electrons. The standard InChI is InChI=1S/C59H80N6O11/c1-4-5-6-7-8-9-10-21-30-75-59-52(69)50(67)51(68)53(76-59)57(73)61-29-20-19-28-47(54(70)62-36-41-24-15-12-16-25-41)63-55(71)48(33-40-22-13-11-14-23-40)64-56(72)49-34-42-26-17-18-27-43(42)37-65(49)58(74)46(60)35-45-38(2)31-44(66)32-39(45)3/h11-18,22-27,31-32,46-53,59,66-69H,4-10,19-21,28-30,33-37,60H2,1-3H3,(H,61,73)(H,62,70)(H,63,71)(H,64,72)/t46-,47-,48-,49-,50-,51-,52+,53-,59+/m0/s1. The SMILES string of the molecule is CCCCCCCCCCO[C@@H]1O[C@H](C(=O)NCCCC[C@H](NC(=O)[C@H](Cc2ccccc2)NC(=O)[C@@H]2Cc3ccccc3CN2C(=O)[C@@H](N)Cc2c(C)cc(O)cc2C)C(=O)NCc2ccccc2)[C@@H](O)[C@H](O)[C@H]1O. The van der Waals surface area contributed by atoms with Gasteiger partial charge in [-0.05, 0) is 97.0 Å². The topological polar surface area (TPSA) is 262 Å². The highest BCUT2D eigenvalue weighted by atomic mass is 16.7. The fraction of sp³-hybridized carbons (Fsp3) is 0.508. The van der Waals surface area contributed by atoms with Gasteiger partial charge in [-0.3, -0.25) is 24.0 Å². The minimum Gasteiger partial charge on any atom is -0.508 e. The van der Waals surface area contributed by atoms with Crippen LogP contribution in [0.25, 0.3) is 0 Å². The third kappa shape index (κ3) is 17.1. The Morgan fingerprint density at radius 3 is 1.97 bits per heavy atom. The summed E-state index contributed by atoms with van der Waals surface area (Å²) in [6, 6.07) is 24.9. The molecule has 0 unspecified atom stereocenters. The summed E-state index contributed by atoms with van der Waals surface area (Å²) in [6.45, 7) is 6.49. The van der Waals surface area contributed by atoms with Crippen LogP contribution in [-0.2, 0) is 65.8 Å². The first-order chi connectivity index (χ1) is 36.6. The van der Waals surface area contributed by atoms with Crippen LogP contribution in [0, 0.1) is 13.8 Å². The molecule has 0 aromatic heterocycles. The third-order valence-corrected chi connectivity index (χ3v) is 14.4. The van der Waals surface area contributed by atoms with Crippen molar-refractivity contribution in [2.75, 3.05) is 13.2 Å². The summed E-state index contributed by atoms with van der Waals surface area (Å²) in [7, 11) is 0. The number of ether oxygens (including phenoxy) is 2. The summed E-state index contributed by atoms with van der Waals surface area (Å²) in [5, 5.41) is 53.6. The lowest BCUT2D eigenvalue weighted by Crippen LogP contribution is -2.62. The van der Waals surface area contributed by atoms with Crippen LogP contribution < -0.4 is 27.0 Å². The number of benzene rings is 4. The third-order valence-electron chi connectivity index (χ3n) is 14.4. The van der Waals surface area contributed by atoms with Gasteiger partial charge in [0, 0.05) is 39.1 Å². The second-order valence-corrected chi connectivity index (χ2v) is 20.4. The van der Waals surface area contributed by atoms with Crippen molar-refractivity contribution in [3.05, 3.63) is 136 Å². The number of rotatable bonds is 28. The van der Waals surface area contributed by atoms with Gasteiger partial charge in [-0.15, -0.1) is 0 Å². The molecular weight excluding hydrogens is 969 g/mol. The van der Waals surface area contributed by atoms with Crippen molar-refractivity contribution in [3.8, 4) is 5.75 Å². The maximum atomic E-state index is 14.7. The number of nitrogens with zero attached hydrogens (tertiary/aromatic N) is 1. The van der Waals surface area contributed by atoms with E-state index in [4.69, 9.17) is 15.2 Å². The van der Waals surface area contributed by atoms with E-state index in [1.54, 1.807) is 12.1 Å². The number of aromatic hydroxyl groups is 1. The van der Waals surface area contributed by atoms with E-state index in [-0.39, 0.29) is 57.7 Å². The van der Waals surface area contributed by atoms with E-state index in [9.17, 15) is 44.4 Å². The second kappa shape index (κ2) is 29.9. The molecule has 4 aromatic rings. The molecule has 1 fully saturated rings. The number of fused-ring (bicyclic) bond motifs is 1. The lowest BCUT2D eigenvalue weighted by atomic mass is 9.91. The van der Waals surface area contributed by atoms with E-state index in [0.29, 0.717) is 19.3 Å². The van der Waals surface area contributed by atoms with Gasteiger partial charge in [0.05, 0.1) is 6.04 Å². The van der Waals surface area contributed by atoms with E-state index >= 15 is 0 Å². The lowest BCUT2D eigenvalue weighted by Gasteiger charge is -2.39. The quantitative estimate of drug-likeness (QED) is 0.0354. The Bertz CT molecular complexity index is 2470. The maximum absolute atomic E-state index is 14.7. The highest BCUT2D eigenvalue weighted by Gasteiger charge is 2.47. The van der Waals surface area contributed by atoms with Gasteiger partial charge in [0.2, 0.25) is 23.6 Å². The Morgan fingerprint density at radius 1 is 0.684 bits per heavy atom. The molecule has 17 nitrogen and oxygen atoms in total. The van der Waals surface area contributed by atoms with Crippen molar-refractivity contribution in [3.63, 3.8) is 0 Å². The van der Waals surface area contributed by atoms with Crippen molar-refractivity contribution >= 4 is 29.5 Å². The number of aryl methyl sites for hydroxylation is 2. The Morgan fingerprint density at radius 2 is 1.30 bits per heavy atom. The second-order valence-electron chi connectivity index (χ2n) is 20.4. The summed E-state index contributed by atoms with van der Waals surface area (Å²) in [6.07, 6.45) is 2.04. The zero-order chi connectivity index (χ0) is 54.6. The van der Waals surface area contributed by atoms with Gasteiger partial charge in [0.25, 0.3) is 5.91 Å².